The van der Waals surface area contributed by atoms with Crippen molar-refractivity contribution in [3.63, 3.8) is 0 Å². The molecule has 1 amide bonds. The van der Waals surface area contributed by atoms with Crippen LogP contribution in [0.1, 0.15) is 29.4 Å². The van der Waals surface area contributed by atoms with Crippen molar-refractivity contribution in [2.24, 2.45) is 9.39 Å². The summed E-state index contributed by atoms with van der Waals surface area (Å²) < 4.78 is 69.8. The Kier molecular flexibility index (Phi) is 5.80. The number of aromatic nitrogens is 1. The van der Waals surface area contributed by atoms with Crippen LogP contribution in [0.5, 0.6) is 0 Å². The van der Waals surface area contributed by atoms with Crippen molar-refractivity contribution in [2.45, 2.75) is 26.9 Å². The van der Waals surface area contributed by atoms with Gasteiger partial charge in [0.05, 0.1) is 28.8 Å². The molecule has 2 aromatic rings. The summed E-state index contributed by atoms with van der Waals surface area (Å²) in [6.07, 6.45) is -3.11. The van der Waals surface area contributed by atoms with Crippen LogP contribution in [0.15, 0.2) is 45.3 Å². The van der Waals surface area contributed by atoms with Crippen LogP contribution in [0, 0.1) is 19.3 Å². The Morgan fingerprint density at radius 3 is 2.56 bits per heavy atom. The molecular weight excluding hydrogens is 491 g/mol. The first-order chi connectivity index (χ1) is 15.8. The lowest BCUT2D eigenvalue weighted by Crippen LogP contribution is -2.45. The first kappa shape index (κ1) is 24.0. The molecule has 0 radical (unpaired) electrons. The number of alkyl halides is 3. The van der Waals surface area contributed by atoms with E-state index in [0.717, 1.165) is 17.0 Å². The quantitative estimate of drug-likeness (QED) is 0.495. The zero-order valence-electron chi connectivity index (χ0n) is 18.1. The number of nitrogens with one attached hydrogen (secondary N) is 1. The Morgan fingerprint density at radius 1 is 1.21 bits per heavy atom. The molecule has 3 heterocycles. The van der Waals surface area contributed by atoms with Gasteiger partial charge < -0.3 is 4.57 Å². The van der Waals surface area contributed by atoms with Gasteiger partial charge in [-0.25, -0.2) is 13.3 Å². The van der Waals surface area contributed by atoms with E-state index >= 15 is 0 Å². The number of rotatable bonds is 3. The third-order valence-electron chi connectivity index (χ3n) is 5.35. The van der Waals surface area contributed by atoms with E-state index in [0.29, 0.717) is 34.6 Å². The monoisotopic (exact) mass is 509 g/mol. The van der Waals surface area contributed by atoms with Crippen LogP contribution < -0.4 is 0 Å². The number of amidine groups is 3. The molecule has 0 atom stereocenters. The molecule has 0 unspecified atom stereocenters. The highest BCUT2D eigenvalue weighted by molar-refractivity contribution is 8.16. The van der Waals surface area contributed by atoms with Crippen molar-refractivity contribution >= 4 is 49.9 Å². The van der Waals surface area contributed by atoms with E-state index in [2.05, 4.69) is 9.39 Å². The molecule has 0 saturated carbocycles. The van der Waals surface area contributed by atoms with Gasteiger partial charge in [-0.2, -0.15) is 22.6 Å². The first-order valence-electron chi connectivity index (χ1n) is 9.93. The van der Waals surface area contributed by atoms with Crippen LogP contribution in [0.3, 0.4) is 0 Å². The number of aliphatic imine (C=N–C) groups is 1. The second-order valence-corrected chi connectivity index (χ2v) is 10.4. The van der Waals surface area contributed by atoms with Gasteiger partial charge in [0.2, 0.25) is 20.2 Å². The second-order valence-electron chi connectivity index (χ2n) is 7.52. The topological polar surface area (TPSA) is 108 Å². The maximum Gasteiger partial charge on any atom is 0.416 e. The Morgan fingerprint density at radius 2 is 1.91 bits per heavy atom. The minimum absolute atomic E-state index is 0.0198. The van der Waals surface area contributed by atoms with E-state index in [-0.39, 0.29) is 27.5 Å². The zero-order valence-corrected chi connectivity index (χ0v) is 19.8. The molecule has 4 rings (SSSR count). The highest BCUT2D eigenvalue weighted by Gasteiger charge is 2.42. The normalized spacial score (nSPS) is 17.8. The van der Waals surface area contributed by atoms with Gasteiger partial charge in [-0.3, -0.25) is 10.2 Å². The fraction of sp³-hybridized carbons (Fsp3) is 0.238. The van der Waals surface area contributed by atoms with E-state index in [1.807, 2.05) is 0 Å². The molecule has 1 N–H and O–H groups in total. The Labute approximate surface area is 197 Å². The van der Waals surface area contributed by atoms with Gasteiger partial charge >= 0.3 is 6.18 Å². The molecule has 1 aromatic heterocycles. The molecule has 8 nitrogen and oxygen atoms in total. The second kappa shape index (κ2) is 8.24. The number of aryl methyl sites for hydroxylation is 1. The van der Waals surface area contributed by atoms with Gasteiger partial charge in [0, 0.05) is 17.1 Å². The van der Waals surface area contributed by atoms with Crippen molar-refractivity contribution in [2.75, 3.05) is 5.75 Å². The summed E-state index contributed by atoms with van der Waals surface area (Å²) in [4.78, 5) is 17.5. The van der Waals surface area contributed by atoms with E-state index in [9.17, 15) is 26.4 Å². The number of carbonyl (C=O) groups is 1. The number of sulfone groups is 1. The fourth-order valence-electron chi connectivity index (χ4n) is 3.64. The lowest BCUT2D eigenvalue weighted by atomic mass is 10.1. The van der Waals surface area contributed by atoms with E-state index in [4.69, 9.17) is 5.41 Å². The first-order valence-corrected chi connectivity index (χ1v) is 12.4. The van der Waals surface area contributed by atoms with Gasteiger partial charge in [0.25, 0.3) is 5.91 Å². The van der Waals surface area contributed by atoms with E-state index < -0.39 is 27.5 Å². The number of amides is 1. The van der Waals surface area contributed by atoms with Crippen molar-refractivity contribution in [1.82, 2.24) is 9.47 Å². The average Bonchev–Trinajstić information content (AvgIpc) is 3.31. The van der Waals surface area contributed by atoms with Crippen LogP contribution in [0.2, 0.25) is 0 Å². The van der Waals surface area contributed by atoms with Gasteiger partial charge in [0.15, 0.2) is 0 Å². The maximum absolute atomic E-state index is 13.2. The van der Waals surface area contributed by atoms with Gasteiger partial charge in [-0.05, 0) is 49.8 Å². The smallest absolute Gasteiger partial charge is 0.318 e. The highest BCUT2D eigenvalue weighted by Crippen LogP contribution is 2.33. The number of halogens is 3. The number of hydrogen-bond acceptors (Lipinski definition) is 6. The standard InChI is InChI=1S/C21H18F3N5O3S2/c1-4-34(31,32)20-27-33-19-26-18(30)16(17(25)29(19)20)9-13-8-11(2)28(12(13)3)15-7-5-6-14(10-15)21(22,23)24/h5-10,25H,4H2,1-3H3/b16-9-,25-17?. The molecule has 178 valence electrons. The minimum atomic E-state index is -4.50. The summed E-state index contributed by atoms with van der Waals surface area (Å²) in [6, 6.07) is 6.53. The van der Waals surface area contributed by atoms with Crippen LogP contribution in [-0.4, -0.2) is 45.7 Å². The Hall–Kier alpha value is -3.19. The fourth-order valence-corrected chi connectivity index (χ4v) is 5.60. The van der Waals surface area contributed by atoms with Gasteiger partial charge in [-0.15, -0.1) is 0 Å². The highest BCUT2D eigenvalue weighted by atomic mass is 32.2. The molecule has 0 fully saturated rings. The predicted octanol–water partition coefficient (Wildman–Crippen LogP) is 4.12. The zero-order chi connectivity index (χ0) is 25.0. The van der Waals surface area contributed by atoms with Gasteiger partial charge in [0.1, 0.15) is 5.84 Å². The summed E-state index contributed by atoms with van der Waals surface area (Å²) in [7, 11) is -3.78. The molecule has 2 aliphatic heterocycles. The van der Waals surface area contributed by atoms with Crippen LogP contribution in [0.25, 0.3) is 11.8 Å². The van der Waals surface area contributed by atoms with Crippen LogP contribution >= 0.6 is 11.9 Å². The van der Waals surface area contributed by atoms with Gasteiger partial charge in [-0.1, -0.05) is 13.0 Å². The summed E-state index contributed by atoms with van der Waals surface area (Å²) in [5.74, 6) is -1.37. The third kappa shape index (κ3) is 3.98. The number of hydrogen-bond donors (Lipinski definition) is 1. The summed E-state index contributed by atoms with van der Waals surface area (Å²) >= 11 is 0.703. The lowest BCUT2D eigenvalue weighted by molar-refractivity contribution is -0.137. The SMILES string of the molecule is CCS(=O)(=O)C1=NSC2=NC(=O)/C(=C\c3cc(C)n(-c4cccc(C(F)(F)F)c4)c3C)C(=N)N21. The number of fused-ring (bicyclic) bond motifs is 1. The molecule has 0 aliphatic carbocycles. The molecule has 0 saturated heterocycles. The lowest BCUT2D eigenvalue weighted by Gasteiger charge is -2.24. The number of nitrogens with zero attached hydrogens (tertiary/aromatic N) is 4. The van der Waals surface area contributed by atoms with Crippen molar-refractivity contribution in [3.8, 4) is 5.69 Å². The van der Waals surface area contributed by atoms with Crippen LogP contribution in [-0.2, 0) is 20.8 Å². The van der Waals surface area contributed by atoms with E-state index in [1.165, 1.54) is 25.1 Å². The number of carbonyl (C=O) groups excluding carboxylic acids is 1. The van der Waals surface area contributed by atoms with Crippen molar-refractivity contribution < 1.29 is 26.4 Å². The number of benzene rings is 1. The summed E-state index contributed by atoms with van der Waals surface area (Å²) in [5, 5.41) is 8.11. The molecule has 1 aromatic carbocycles. The van der Waals surface area contributed by atoms with Crippen molar-refractivity contribution in [1.29, 1.82) is 5.41 Å². The molecule has 34 heavy (non-hydrogen) atoms. The summed E-state index contributed by atoms with van der Waals surface area (Å²) in [6.45, 7) is 4.82. The summed E-state index contributed by atoms with van der Waals surface area (Å²) in [5.41, 5.74) is 0.957. The molecule has 2 aliphatic rings. The molecular formula is C21H18F3N5O3S2. The molecule has 0 bridgehead atoms. The largest absolute Gasteiger partial charge is 0.416 e. The minimum Gasteiger partial charge on any atom is -0.318 e. The maximum atomic E-state index is 13.2. The van der Waals surface area contributed by atoms with Crippen LogP contribution in [0.4, 0.5) is 13.2 Å². The van der Waals surface area contributed by atoms with Crippen molar-refractivity contribution in [3.05, 3.63) is 58.4 Å². The third-order valence-corrected chi connectivity index (χ3v) is 7.76. The average molecular weight is 510 g/mol. The predicted molar refractivity (Wildman–Crippen MR) is 125 cm³/mol. The molecule has 13 heteroatoms. The Bertz CT molecular complexity index is 1440. The van der Waals surface area contributed by atoms with E-state index in [1.54, 1.807) is 24.5 Å². The molecule has 0 spiro atoms. The Balaban J connectivity index is 1.77.